The van der Waals surface area contributed by atoms with Crippen LogP contribution in [0.3, 0.4) is 0 Å². The molecule has 200 valence electrons. The van der Waals surface area contributed by atoms with E-state index in [4.69, 9.17) is 14.2 Å². The topological polar surface area (TPSA) is 85.8 Å². The highest BCUT2D eigenvalue weighted by atomic mass is 32.2. The maximum atomic E-state index is 12.4. The third-order valence-corrected chi connectivity index (χ3v) is 5.65. The average molecular weight is 531 g/mol. The van der Waals surface area contributed by atoms with E-state index < -0.39 is 12.8 Å². The fourth-order valence-corrected chi connectivity index (χ4v) is 3.38. The minimum Gasteiger partial charge on any atom is -0.491 e. The number of methoxy groups -OCH3 is 1. The zero-order chi connectivity index (χ0) is 26.4. The number of carbonyl (C=O) groups is 1. The average Bonchev–Trinajstić information content (AvgIpc) is 2.89. The lowest BCUT2D eigenvalue weighted by Gasteiger charge is -2.31. The minimum atomic E-state index is -4.40. The molecule has 0 bridgehead atoms. The highest BCUT2D eigenvalue weighted by Crippen LogP contribution is 2.31. The Kier molecular flexibility index (Phi) is 13.0. The summed E-state index contributed by atoms with van der Waals surface area (Å²) >= 11 is 1.61. The van der Waals surface area contributed by atoms with E-state index in [0.29, 0.717) is 62.1 Å². The van der Waals surface area contributed by atoms with Crippen molar-refractivity contribution in [2.45, 2.75) is 25.6 Å². The second-order valence-corrected chi connectivity index (χ2v) is 8.69. The Morgan fingerprint density at radius 2 is 1.86 bits per heavy atom. The first-order chi connectivity index (χ1) is 17.3. The van der Waals surface area contributed by atoms with Crippen molar-refractivity contribution in [2.24, 2.45) is 5.92 Å². The first-order valence-electron chi connectivity index (χ1n) is 11.4. The van der Waals surface area contributed by atoms with E-state index in [0.717, 1.165) is 11.8 Å². The van der Waals surface area contributed by atoms with Gasteiger partial charge in [0.05, 0.1) is 25.1 Å². The van der Waals surface area contributed by atoms with E-state index in [1.165, 1.54) is 6.20 Å². The number of nitrogens with zero attached hydrogens (tertiary/aromatic N) is 3. The zero-order valence-electron chi connectivity index (χ0n) is 20.7. The van der Waals surface area contributed by atoms with Gasteiger partial charge in [0.2, 0.25) is 0 Å². The molecule has 0 unspecified atom stereocenters. The summed E-state index contributed by atoms with van der Waals surface area (Å²) in [7, 11) is 3.49. The summed E-state index contributed by atoms with van der Waals surface area (Å²) < 4.78 is 55.4. The molecule has 0 aliphatic carbocycles. The quantitative estimate of drug-likeness (QED) is 0.262. The lowest BCUT2D eigenvalue weighted by atomic mass is 9.98. The van der Waals surface area contributed by atoms with Crippen molar-refractivity contribution in [3.8, 4) is 17.0 Å². The number of aromatic nitrogens is 2. The van der Waals surface area contributed by atoms with Crippen LogP contribution in [0.15, 0.2) is 30.5 Å². The SMILES string of the molecule is CNSC.COCCOc1ccc(-c2ncc(COCC(F)(F)F)nc2N2CCC(C=O)CC2)cc1. The highest BCUT2D eigenvalue weighted by Gasteiger charge is 2.28. The van der Waals surface area contributed by atoms with Crippen molar-refractivity contribution in [2.75, 3.05) is 58.2 Å². The number of halogens is 3. The van der Waals surface area contributed by atoms with Crippen LogP contribution in [0, 0.1) is 5.92 Å². The van der Waals surface area contributed by atoms with Crippen molar-refractivity contribution < 1.29 is 32.2 Å². The standard InChI is InChI=1S/C22H26F3N3O4.C2H7NS/c1-30-10-11-32-19-4-2-17(3-5-19)20-21(28-8-6-16(13-29)7-9-28)27-18(12-26-20)14-31-15-22(23,24)25;1-3-4-2/h2-5,12-13,16H,6-11,14-15H2,1H3;3H,1-2H3. The summed E-state index contributed by atoms with van der Waals surface area (Å²) in [6.07, 6.45) is 1.35. The smallest absolute Gasteiger partial charge is 0.411 e. The number of ether oxygens (including phenoxy) is 3. The van der Waals surface area contributed by atoms with E-state index >= 15 is 0 Å². The summed E-state index contributed by atoms with van der Waals surface area (Å²) in [5.41, 5.74) is 1.72. The van der Waals surface area contributed by atoms with E-state index in [1.807, 2.05) is 42.5 Å². The molecular weight excluding hydrogens is 497 g/mol. The molecule has 1 fully saturated rings. The van der Waals surface area contributed by atoms with Crippen LogP contribution in [0.2, 0.25) is 0 Å². The molecule has 12 heteroatoms. The molecular formula is C24H33F3N4O4S. The molecule has 0 saturated carbocycles. The first kappa shape index (κ1) is 29.8. The van der Waals surface area contributed by atoms with Crippen LogP contribution in [0.4, 0.5) is 19.0 Å². The largest absolute Gasteiger partial charge is 0.491 e. The Hall–Kier alpha value is -2.41. The molecule has 1 aromatic carbocycles. The van der Waals surface area contributed by atoms with E-state index in [9.17, 15) is 18.0 Å². The number of piperidine rings is 1. The molecule has 0 atom stereocenters. The fraction of sp³-hybridized carbons (Fsp3) is 0.542. The van der Waals surface area contributed by atoms with Gasteiger partial charge in [0.25, 0.3) is 0 Å². The van der Waals surface area contributed by atoms with Gasteiger partial charge in [0.15, 0.2) is 5.82 Å². The molecule has 1 aliphatic rings. The second kappa shape index (κ2) is 15.6. The van der Waals surface area contributed by atoms with E-state index in [2.05, 4.69) is 14.7 Å². The number of alkyl halides is 3. The lowest BCUT2D eigenvalue weighted by Crippen LogP contribution is -2.35. The van der Waals surface area contributed by atoms with Crippen molar-refractivity contribution >= 4 is 24.1 Å². The van der Waals surface area contributed by atoms with Crippen LogP contribution < -0.4 is 14.4 Å². The van der Waals surface area contributed by atoms with Gasteiger partial charge in [-0.15, -0.1) is 0 Å². The predicted octanol–water partition coefficient (Wildman–Crippen LogP) is 4.15. The number of carbonyl (C=O) groups excluding carboxylic acids is 1. The molecule has 2 aromatic rings. The summed E-state index contributed by atoms with van der Waals surface area (Å²) in [6, 6.07) is 7.34. The van der Waals surface area contributed by atoms with E-state index in [1.54, 1.807) is 19.1 Å². The van der Waals surface area contributed by atoms with Crippen molar-refractivity contribution in [1.82, 2.24) is 14.7 Å². The second-order valence-electron chi connectivity index (χ2n) is 7.88. The molecule has 0 radical (unpaired) electrons. The van der Waals surface area contributed by atoms with Gasteiger partial charge in [-0.25, -0.2) is 4.98 Å². The van der Waals surface area contributed by atoms with Gasteiger partial charge < -0.3 is 23.9 Å². The highest BCUT2D eigenvalue weighted by molar-refractivity contribution is 7.96. The van der Waals surface area contributed by atoms with Crippen molar-refractivity contribution in [1.29, 1.82) is 0 Å². The Bertz CT molecular complexity index is 909. The molecule has 1 aliphatic heterocycles. The zero-order valence-corrected chi connectivity index (χ0v) is 21.5. The van der Waals surface area contributed by atoms with Gasteiger partial charge in [-0.1, -0.05) is 11.9 Å². The Morgan fingerprint density at radius 1 is 1.19 bits per heavy atom. The summed E-state index contributed by atoms with van der Waals surface area (Å²) in [4.78, 5) is 22.2. The van der Waals surface area contributed by atoms with Crippen LogP contribution in [0.25, 0.3) is 11.3 Å². The Labute approximate surface area is 214 Å². The molecule has 36 heavy (non-hydrogen) atoms. The number of anilines is 1. The third-order valence-electron chi connectivity index (χ3n) is 5.24. The maximum Gasteiger partial charge on any atom is 0.411 e. The first-order valence-corrected chi connectivity index (χ1v) is 12.7. The maximum absolute atomic E-state index is 12.4. The molecule has 1 N–H and O–H groups in total. The molecule has 1 aromatic heterocycles. The van der Waals surface area contributed by atoms with Crippen LogP contribution in [0.1, 0.15) is 18.5 Å². The molecule has 1 saturated heterocycles. The monoisotopic (exact) mass is 530 g/mol. The van der Waals surface area contributed by atoms with Crippen LogP contribution in [0.5, 0.6) is 5.75 Å². The van der Waals surface area contributed by atoms with Crippen molar-refractivity contribution in [3.05, 3.63) is 36.2 Å². The number of benzene rings is 1. The molecule has 2 heterocycles. The lowest BCUT2D eigenvalue weighted by molar-refractivity contribution is -0.176. The van der Waals surface area contributed by atoms with Gasteiger partial charge >= 0.3 is 6.18 Å². The van der Waals surface area contributed by atoms with Crippen LogP contribution in [-0.2, 0) is 20.9 Å². The van der Waals surface area contributed by atoms with Gasteiger partial charge in [-0.3, -0.25) is 9.71 Å². The molecule has 0 spiro atoms. The Balaban J connectivity index is 0.00000106. The molecule has 3 rings (SSSR count). The van der Waals surface area contributed by atoms with Gasteiger partial charge in [-0.2, -0.15) is 13.2 Å². The fourth-order valence-electron chi connectivity index (χ4n) is 3.38. The number of nitrogens with one attached hydrogen (secondary N) is 1. The summed E-state index contributed by atoms with van der Waals surface area (Å²) in [6.45, 7) is 0.482. The number of aldehydes is 1. The van der Waals surface area contributed by atoms with Gasteiger partial charge in [0, 0.05) is 31.7 Å². The van der Waals surface area contributed by atoms with Crippen LogP contribution >= 0.6 is 11.9 Å². The third kappa shape index (κ3) is 10.3. The number of hydrogen-bond acceptors (Lipinski definition) is 9. The predicted molar refractivity (Wildman–Crippen MR) is 134 cm³/mol. The van der Waals surface area contributed by atoms with Crippen molar-refractivity contribution in [3.63, 3.8) is 0 Å². The Morgan fingerprint density at radius 3 is 2.42 bits per heavy atom. The molecule has 0 amide bonds. The summed E-state index contributed by atoms with van der Waals surface area (Å²) in [5, 5.41) is 0. The van der Waals surface area contributed by atoms with Gasteiger partial charge in [0.1, 0.15) is 30.9 Å². The minimum absolute atomic E-state index is 0.00416. The number of rotatable bonds is 11. The summed E-state index contributed by atoms with van der Waals surface area (Å²) in [5.74, 6) is 1.25. The normalized spacial score (nSPS) is 14.2. The van der Waals surface area contributed by atoms with Gasteiger partial charge in [-0.05, 0) is 50.4 Å². The molecule has 8 nitrogen and oxygen atoms in total. The van der Waals surface area contributed by atoms with Crippen LogP contribution in [-0.4, -0.2) is 75.8 Å². The van der Waals surface area contributed by atoms with E-state index in [-0.39, 0.29) is 12.5 Å². The number of hydrogen-bond donors (Lipinski definition) is 1.